The van der Waals surface area contributed by atoms with Crippen LogP contribution >= 0.6 is 11.8 Å². The largest absolute Gasteiger partial charge is 0.357 e. The Hall–Kier alpha value is -0.910. The molecule has 1 amide bonds. The number of nitrogens with zero attached hydrogens (tertiary/aromatic N) is 1. The van der Waals surface area contributed by atoms with E-state index in [1.165, 1.54) is 31.4 Å². The Morgan fingerprint density at radius 1 is 1.26 bits per heavy atom. The Labute approximate surface area is 145 Å². The summed E-state index contributed by atoms with van der Waals surface area (Å²) < 4.78 is 0. The van der Waals surface area contributed by atoms with Gasteiger partial charge in [0.15, 0.2) is 5.96 Å². The fourth-order valence-electron chi connectivity index (χ4n) is 2.73. The molecular weight excluding hydrogens is 308 g/mol. The van der Waals surface area contributed by atoms with E-state index in [1.807, 2.05) is 13.8 Å². The number of hydrogen-bond acceptors (Lipinski definition) is 3. The predicted molar refractivity (Wildman–Crippen MR) is 101 cm³/mol. The highest BCUT2D eigenvalue weighted by Gasteiger charge is 2.22. The summed E-state index contributed by atoms with van der Waals surface area (Å²) in [6.07, 6.45) is 5.06. The molecule has 0 aliphatic heterocycles. The highest BCUT2D eigenvalue weighted by atomic mass is 32.2. The average molecular weight is 343 g/mol. The molecule has 1 aliphatic carbocycles. The first-order valence-corrected chi connectivity index (χ1v) is 10.1. The average Bonchev–Trinajstić information content (AvgIpc) is 2.52. The van der Waals surface area contributed by atoms with Gasteiger partial charge >= 0.3 is 0 Å². The van der Waals surface area contributed by atoms with Gasteiger partial charge in [-0.05, 0) is 31.9 Å². The lowest BCUT2D eigenvalue weighted by Crippen LogP contribution is -2.46. The molecule has 0 aromatic heterocycles. The monoisotopic (exact) mass is 342 g/mol. The van der Waals surface area contributed by atoms with Gasteiger partial charge in [0.1, 0.15) is 0 Å². The van der Waals surface area contributed by atoms with Crippen molar-refractivity contribution >= 4 is 23.6 Å². The van der Waals surface area contributed by atoms with Crippen molar-refractivity contribution in [1.82, 2.24) is 16.0 Å². The lowest BCUT2D eigenvalue weighted by atomic mass is 9.95. The van der Waals surface area contributed by atoms with E-state index >= 15 is 0 Å². The molecule has 5 nitrogen and oxygen atoms in total. The summed E-state index contributed by atoms with van der Waals surface area (Å²) in [5, 5.41) is 10.6. The van der Waals surface area contributed by atoms with Crippen molar-refractivity contribution in [3.05, 3.63) is 0 Å². The first-order valence-electron chi connectivity index (χ1n) is 9.00. The van der Waals surface area contributed by atoms with Crippen LogP contribution in [0.5, 0.6) is 0 Å². The summed E-state index contributed by atoms with van der Waals surface area (Å²) in [6, 6.07) is 0.510. The van der Waals surface area contributed by atoms with E-state index in [2.05, 4.69) is 46.6 Å². The highest BCUT2D eigenvalue weighted by molar-refractivity contribution is 7.99. The molecule has 0 saturated heterocycles. The minimum Gasteiger partial charge on any atom is -0.357 e. The Bertz CT molecular complexity index is 372. The van der Waals surface area contributed by atoms with Gasteiger partial charge in [0.2, 0.25) is 5.91 Å². The Morgan fingerprint density at radius 2 is 2.04 bits per heavy atom. The molecule has 1 fully saturated rings. The number of carbonyl (C=O) groups excluding carboxylic acids is 1. The van der Waals surface area contributed by atoms with Gasteiger partial charge in [-0.3, -0.25) is 9.79 Å². The fourth-order valence-corrected chi connectivity index (χ4v) is 3.90. The van der Waals surface area contributed by atoms with Crippen LogP contribution in [-0.2, 0) is 4.79 Å². The van der Waals surface area contributed by atoms with E-state index < -0.39 is 0 Å². The first kappa shape index (κ1) is 20.1. The van der Waals surface area contributed by atoms with Gasteiger partial charge in [-0.2, -0.15) is 11.8 Å². The van der Waals surface area contributed by atoms with Crippen LogP contribution in [-0.4, -0.2) is 48.5 Å². The lowest BCUT2D eigenvalue weighted by Gasteiger charge is -2.30. The molecule has 6 heteroatoms. The van der Waals surface area contributed by atoms with Crippen molar-refractivity contribution in [2.75, 3.05) is 25.4 Å². The van der Waals surface area contributed by atoms with E-state index in [9.17, 15) is 4.79 Å². The van der Waals surface area contributed by atoms with Crippen LogP contribution in [0.4, 0.5) is 0 Å². The van der Waals surface area contributed by atoms with Crippen LogP contribution < -0.4 is 16.0 Å². The molecule has 1 rings (SSSR count). The normalized spacial score (nSPS) is 22.0. The molecule has 1 aliphatic rings. The van der Waals surface area contributed by atoms with Crippen LogP contribution in [0.3, 0.4) is 0 Å². The maximum absolute atomic E-state index is 11.5. The number of rotatable bonds is 8. The highest BCUT2D eigenvalue weighted by Crippen LogP contribution is 2.28. The second-order valence-electron chi connectivity index (χ2n) is 6.29. The smallest absolute Gasteiger partial charge is 0.222 e. The van der Waals surface area contributed by atoms with Gasteiger partial charge in [-0.25, -0.2) is 0 Å². The number of nitrogens with one attached hydrogen (secondary N) is 3. The third-order valence-electron chi connectivity index (χ3n) is 3.92. The number of hydrogen-bond donors (Lipinski definition) is 3. The van der Waals surface area contributed by atoms with E-state index in [0.717, 1.165) is 17.8 Å². The van der Waals surface area contributed by atoms with Crippen molar-refractivity contribution in [2.45, 2.75) is 64.7 Å². The molecular formula is C17H34N4OS. The van der Waals surface area contributed by atoms with Gasteiger partial charge < -0.3 is 16.0 Å². The minimum absolute atomic E-state index is 0.0283. The van der Waals surface area contributed by atoms with Crippen molar-refractivity contribution in [3.8, 4) is 0 Å². The molecule has 2 unspecified atom stereocenters. The van der Waals surface area contributed by atoms with Crippen LogP contribution in [0.25, 0.3) is 0 Å². The Morgan fingerprint density at radius 3 is 2.70 bits per heavy atom. The topological polar surface area (TPSA) is 65.5 Å². The summed E-state index contributed by atoms with van der Waals surface area (Å²) in [4.78, 5) is 16.1. The van der Waals surface area contributed by atoms with Gasteiger partial charge in [0, 0.05) is 30.3 Å². The second-order valence-corrected chi connectivity index (χ2v) is 7.87. The quantitative estimate of drug-likeness (QED) is 0.360. The second kappa shape index (κ2) is 11.6. The SMILES string of the molecule is CCNC(=NCCNC(=O)C(C)C)NC1CCCC(SCC)C1. The summed E-state index contributed by atoms with van der Waals surface area (Å²) in [7, 11) is 0. The summed E-state index contributed by atoms with van der Waals surface area (Å²) >= 11 is 2.08. The third-order valence-corrected chi connectivity index (χ3v) is 5.15. The molecule has 3 N–H and O–H groups in total. The molecule has 23 heavy (non-hydrogen) atoms. The van der Waals surface area contributed by atoms with Crippen LogP contribution in [0, 0.1) is 5.92 Å². The zero-order chi connectivity index (χ0) is 17.1. The molecule has 0 spiro atoms. The minimum atomic E-state index is 0.0283. The molecule has 2 atom stereocenters. The van der Waals surface area contributed by atoms with Crippen LogP contribution in [0.15, 0.2) is 4.99 Å². The Balaban J connectivity index is 2.40. The number of guanidine groups is 1. The molecule has 0 aromatic rings. The van der Waals surface area contributed by atoms with Crippen LogP contribution in [0.2, 0.25) is 0 Å². The molecule has 0 heterocycles. The number of aliphatic imine (C=N–C) groups is 1. The summed E-state index contributed by atoms with van der Waals surface area (Å²) in [5.74, 6) is 2.19. The fraction of sp³-hybridized carbons (Fsp3) is 0.882. The van der Waals surface area contributed by atoms with Crippen molar-refractivity contribution in [1.29, 1.82) is 0 Å². The van der Waals surface area contributed by atoms with E-state index in [-0.39, 0.29) is 11.8 Å². The van der Waals surface area contributed by atoms with E-state index in [0.29, 0.717) is 19.1 Å². The molecule has 134 valence electrons. The van der Waals surface area contributed by atoms with Crippen molar-refractivity contribution in [3.63, 3.8) is 0 Å². The Kier molecular flexibility index (Phi) is 10.2. The maximum atomic E-state index is 11.5. The lowest BCUT2D eigenvalue weighted by molar-refractivity contribution is -0.123. The van der Waals surface area contributed by atoms with Gasteiger partial charge in [0.05, 0.1) is 6.54 Å². The van der Waals surface area contributed by atoms with Crippen LogP contribution in [0.1, 0.15) is 53.4 Å². The van der Waals surface area contributed by atoms with Gasteiger partial charge in [-0.1, -0.05) is 27.2 Å². The first-order chi connectivity index (χ1) is 11.1. The number of amides is 1. The summed E-state index contributed by atoms with van der Waals surface area (Å²) in [5.41, 5.74) is 0. The zero-order valence-corrected chi connectivity index (χ0v) is 16.0. The van der Waals surface area contributed by atoms with Crippen molar-refractivity contribution in [2.24, 2.45) is 10.9 Å². The number of thioether (sulfide) groups is 1. The molecule has 0 aromatic carbocycles. The summed E-state index contributed by atoms with van der Waals surface area (Å²) in [6.45, 7) is 10.2. The van der Waals surface area contributed by atoms with Gasteiger partial charge in [0.25, 0.3) is 0 Å². The maximum Gasteiger partial charge on any atom is 0.222 e. The molecule has 1 saturated carbocycles. The van der Waals surface area contributed by atoms with E-state index in [4.69, 9.17) is 0 Å². The predicted octanol–water partition coefficient (Wildman–Crippen LogP) is 2.38. The van der Waals surface area contributed by atoms with Crippen molar-refractivity contribution < 1.29 is 4.79 Å². The van der Waals surface area contributed by atoms with Gasteiger partial charge in [-0.15, -0.1) is 0 Å². The number of carbonyl (C=O) groups is 1. The molecule has 0 radical (unpaired) electrons. The molecule has 0 bridgehead atoms. The third kappa shape index (κ3) is 8.49. The zero-order valence-electron chi connectivity index (χ0n) is 15.2. The standard InChI is InChI=1S/C17H34N4OS/c1-5-18-17(20-11-10-19-16(22)13(3)4)21-14-8-7-9-15(12-14)23-6-2/h13-15H,5-12H2,1-4H3,(H,19,22)(H2,18,20,21). The van der Waals surface area contributed by atoms with E-state index in [1.54, 1.807) is 0 Å².